The van der Waals surface area contributed by atoms with E-state index in [4.69, 9.17) is 0 Å². The topological polar surface area (TPSA) is 37.8 Å². The molecule has 1 aromatic heterocycles. The van der Waals surface area contributed by atoms with Crippen LogP contribution < -0.4 is 5.32 Å². The average Bonchev–Trinajstić information content (AvgIpc) is 2.39. The van der Waals surface area contributed by atoms with Crippen LogP contribution >= 0.6 is 11.8 Å². The van der Waals surface area contributed by atoms with Crippen LogP contribution in [0.5, 0.6) is 0 Å². The van der Waals surface area contributed by atoms with Crippen LogP contribution in [0, 0.1) is 0 Å². The Labute approximate surface area is 108 Å². The van der Waals surface area contributed by atoms with E-state index in [1.54, 1.807) is 43.7 Å². The van der Waals surface area contributed by atoms with Gasteiger partial charge in [-0.15, -0.1) is 0 Å². The fourth-order valence-corrected chi connectivity index (χ4v) is 1.93. The molecule has 6 heteroatoms. The van der Waals surface area contributed by atoms with Crippen molar-refractivity contribution in [2.75, 3.05) is 12.4 Å². The smallest absolute Gasteiger partial charge is 0.288 e. The highest BCUT2D eigenvalue weighted by molar-refractivity contribution is 7.99. The molecular weight excluding hydrogens is 256 g/mol. The highest BCUT2D eigenvalue weighted by atomic mass is 32.2. The van der Waals surface area contributed by atoms with Gasteiger partial charge in [0, 0.05) is 17.5 Å². The quantitative estimate of drug-likeness (QED) is 0.860. The molecule has 0 saturated heterocycles. The number of anilines is 1. The van der Waals surface area contributed by atoms with Crippen LogP contribution in [0.15, 0.2) is 41.6 Å². The lowest BCUT2D eigenvalue weighted by Crippen LogP contribution is -1.94. The third kappa shape index (κ3) is 3.16. The molecule has 1 N–H and O–H groups in total. The van der Waals surface area contributed by atoms with Crippen molar-refractivity contribution in [2.24, 2.45) is 0 Å². The van der Waals surface area contributed by atoms with E-state index in [0.29, 0.717) is 28.2 Å². The van der Waals surface area contributed by atoms with Crippen molar-refractivity contribution < 1.29 is 8.78 Å². The summed E-state index contributed by atoms with van der Waals surface area (Å²) >= 11 is 0.528. The second-order valence-corrected chi connectivity index (χ2v) is 4.51. The van der Waals surface area contributed by atoms with Gasteiger partial charge in [-0.3, -0.25) is 4.98 Å². The summed E-state index contributed by atoms with van der Waals surface area (Å²) in [7, 11) is 1.76. The molecule has 0 saturated carbocycles. The normalized spacial score (nSPS) is 10.7. The third-order valence-corrected chi connectivity index (χ3v) is 2.99. The van der Waals surface area contributed by atoms with E-state index in [-0.39, 0.29) is 0 Å². The maximum absolute atomic E-state index is 12.2. The number of benzene rings is 1. The summed E-state index contributed by atoms with van der Waals surface area (Å²) < 4.78 is 24.4. The zero-order valence-corrected chi connectivity index (χ0v) is 10.4. The van der Waals surface area contributed by atoms with Crippen molar-refractivity contribution >= 4 is 17.6 Å². The highest BCUT2D eigenvalue weighted by Crippen LogP contribution is 2.27. The summed E-state index contributed by atoms with van der Waals surface area (Å²) in [6, 6.07) is 6.82. The SMILES string of the molecule is CNc1cncc(-c2ccc(SC(F)F)cc2)n1. The molecule has 0 amide bonds. The van der Waals surface area contributed by atoms with Crippen molar-refractivity contribution in [1.82, 2.24) is 9.97 Å². The molecule has 0 aliphatic rings. The number of rotatable bonds is 4. The van der Waals surface area contributed by atoms with Crippen molar-refractivity contribution in [3.8, 4) is 11.3 Å². The number of hydrogen-bond acceptors (Lipinski definition) is 4. The molecule has 1 heterocycles. The van der Waals surface area contributed by atoms with Crippen LogP contribution in [-0.2, 0) is 0 Å². The minimum Gasteiger partial charge on any atom is -0.372 e. The first kappa shape index (κ1) is 12.8. The molecule has 0 bridgehead atoms. The van der Waals surface area contributed by atoms with Crippen LogP contribution in [0.25, 0.3) is 11.3 Å². The Balaban J connectivity index is 2.22. The van der Waals surface area contributed by atoms with Crippen LogP contribution in [0.3, 0.4) is 0 Å². The monoisotopic (exact) mass is 267 g/mol. The highest BCUT2D eigenvalue weighted by Gasteiger charge is 2.06. The largest absolute Gasteiger partial charge is 0.372 e. The molecule has 2 aromatic rings. The van der Waals surface area contributed by atoms with E-state index in [0.717, 1.165) is 5.56 Å². The first-order valence-corrected chi connectivity index (χ1v) is 6.12. The second kappa shape index (κ2) is 5.77. The lowest BCUT2D eigenvalue weighted by atomic mass is 10.2. The Bertz CT molecular complexity index is 517. The van der Waals surface area contributed by atoms with E-state index >= 15 is 0 Å². The Kier molecular flexibility index (Phi) is 4.09. The van der Waals surface area contributed by atoms with Gasteiger partial charge in [-0.25, -0.2) is 4.98 Å². The lowest BCUT2D eigenvalue weighted by Gasteiger charge is -2.04. The molecule has 2 rings (SSSR count). The van der Waals surface area contributed by atoms with E-state index in [1.165, 1.54) is 0 Å². The zero-order valence-electron chi connectivity index (χ0n) is 9.60. The minimum absolute atomic E-state index is 0.528. The Hall–Kier alpha value is -1.69. The maximum Gasteiger partial charge on any atom is 0.288 e. The molecule has 0 radical (unpaired) electrons. The molecule has 3 nitrogen and oxygen atoms in total. The third-order valence-electron chi connectivity index (χ3n) is 2.27. The predicted molar refractivity (Wildman–Crippen MR) is 68.9 cm³/mol. The molecule has 1 aromatic carbocycles. The van der Waals surface area contributed by atoms with Crippen molar-refractivity contribution in [2.45, 2.75) is 10.7 Å². The van der Waals surface area contributed by atoms with E-state index in [1.807, 2.05) is 0 Å². The molecule has 0 aliphatic carbocycles. The summed E-state index contributed by atoms with van der Waals surface area (Å²) in [5, 5.41) is 2.90. The van der Waals surface area contributed by atoms with Gasteiger partial charge in [0.15, 0.2) is 0 Å². The Morgan fingerprint density at radius 3 is 2.50 bits per heavy atom. The van der Waals surface area contributed by atoms with E-state index in [2.05, 4.69) is 15.3 Å². The van der Waals surface area contributed by atoms with Gasteiger partial charge in [-0.2, -0.15) is 8.78 Å². The first-order valence-electron chi connectivity index (χ1n) is 5.24. The summed E-state index contributed by atoms with van der Waals surface area (Å²) in [4.78, 5) is 8.91. The molecule has 0 unspecified atom stereocenters. The zero-order chi connectivity index (χ0) is 13.0. The van der Waals surface area contributed by atoms with Crippen LogP contribution in [0.2, 0.25) is 0 Å². The fraction of sp³-hybridized carbons (Fsp3) is 0.167. The summed E-state index contributed by atoms with van der Waals surface area (Å²) in [6.45, 7) is 0. The molecular formula is C12H11F2N3S. The predicted octanol–water partition coefficient (Wildman–Crippen LogP) is 3.50. The number of thioether (sulfide) groups is 1. The maximum atomic E-state index is 12.2. The van der Waals surface area contributed by atoms with Gasteiger partial charge < -0.3 is 5.32 Å². The average molecular weight is 267 g/mol. The molecule has 0 spiro atoms. The first-order chi connectivity index (χ1) is 8.69. The van der Waals surface area contributed by atoms with Crippen LogP contribution in [0.4, 0.5) is 14.6 Å². The number of nitrogens with zero attached hydrogens (tertiary/aromatic N) is 2. The van der Waals surface area contributed by atoms with E-state index < -0.39 is 5.76 Å². The number of nitrogens with one attached hydrogen (secondary N) is 1. The fourth-order valence-electron chi connectivity index (χ4n) is 1.43. The Morgan fingerprint density at radius 2 is 1.89 bits per heavy atom. The van der Waals surface area contributed by atoms with Gasteiger partial charge >= 0.3 is 0 Å². The van der Waals surface area contributed by atoms with Gasteiger partial charge in [-0.05, 0) is 12.1 Å². The van der Waals surface area contributed by atoms with Gasteiger partial charge in [0.1, 0.15) is 5.82 Å². The summed E-state index contributed by atoms with van der Waals surface area (Å²) in [5.41, 5.74) is 1.55. The molecule has 94 valence electrons. The van der Waals surface area contributed by atoms with Crippen molar-refractivity contribution in [3.63, 3.8) is 0 Å². The van der Waals surface area contributed by atoms with Gasteiger partial charge in [0.05, 0.1) is 18.1 Å². The number of halogens is 2. The molecule has 18 heavy (non-hydrogen) atoms. The minimum atomic E-state index is -2.40. The summed E-state index contributed by atoms with van der Waals surface area (Å²) in [5.74, 6) is -1.73. The molecule has 0 aliphatic heterocycles. The van der Waals surface area contributed by atoms with Crippen LogP contribution in [-0.4, -0.2) is 22.8 Å². The van der Waals surface area contributed by atoms with Gasteiger partial charge in [0.25, 0.3) is 5.76 Å². The number of alkyl halides is 2. The number of aromatic nitrogens is 2. The van der Waals surface area contributed by atoms with Gasteiger partial charge in [-0.1, -0.05) is 23.9 Å². The van der Waals surface area contributed by atoms with Crippen LogP contribution in [0.1, 0.15) is 0 Å². The van der Waals surface area contributed by atoms with Crippen molar-refractivity contribution in [3.05, 3.63) is 36.7 Å². The standard InChI is InChI=1S/C12H11F2N3S/c1-15-11-7-16-6-10(17-11)8-2-4-9(5-3-8)18-12(13)14/h2-7,12H,1H3,(H,15,17). The second-order valence-electron chi connectivity index (χ2n) is 3.44. The van der Waals surface area contributed by atoms with Crippen molar-refractivity contribution in [1.29, 1.82) is 0 Å². The van der Waals surface area contributed by atoms with Gasteiger partial charge in [0.2, 0.25) is 0 Å². The molecule has 0 fully saturated rings. The lowest BCUT2D eigenvalue weighted by molar-refractivity contribution is 0.252. The summed E-state index contributed by atoms with van der Waals surface area (Å²) in [6.07, 6.45) is 3.25. The Morgan fingerprint density at radius 1 is 1.17 bits per heavy atom. The number of hydrogen-bond donors (Lipinski definition) is 1. The van der Waals surface area contributed by atoms with E-state index in [9.17, 15) is 8.78 Å². The molecule has 0 atom stereocenters.